The highest BCUT2D eigenvalue weighted by atomic mass is 35.5. The molecule has 0 aliphatic carbocycles. The van der Waals surface area contributed by atoms with E-state index in [9.17, 15) is 0 Å². The van der Waals surface area contributed by atoms with Gasteiger partial charge in [0.05, 0.1) is 11.9 Å². The van der Waals surface area contributed by atoms with Gasteiger partial charge in [-0.3, -0.25) is 0 Å². The third-order valence-electron chi connectivity index (χ3n) is 2.34. The normalized spacial score (nSPS) is 10.2. The van der Waals surface area contributed by atoms with E-state index in [-0.39, 0.29) is 0 Å². The first kappa shape index (κ1) is 11.9. The zero-order chi connectivity index (χ0) is 12.1. The van der Waals surface area contributed by atoms with Crippen LogP contribution in [0.5, 0.6) is 5.88 Å². The zero-order valence-electron chi connectivity index (χ0n) is 9.56. The fourth-order valence-electron chi connectivity index (χ4n) is 1.42. The molecule has 4 heteroatoms. The van der Waals surface area contributed by atoms with Crippen molar-refractivity contribution in [2.45, 2.75) is 20.0 Å². The molecule has 1 aromatic heterocycles. The van der Waals surface area contributed by atoms with Crippen molar-refractivity contribution in [2.24, 2.45) is 0 Å². The van der Waals surface area contributed by atoms with E-state index < -0.39 is 0 Å². The minimum atomic E-state index is 0.444. The predicted octanol–water partition coefficient (Wildman–Crippen LogP) is 3.27. The van der Waals surface area contributed by atoms with Crippen molar-refractivity contribution < 1.29 is 4.74 Å². The van der Waals surface area contributed by atoms with Crippen LogP contribution in [0.15, 0.2) is 36.5 Å². The van der Waals surface area contributed by atoms with E-state index in [0.29, 0.717) is 17.6 Å². The molecule has 0 aliphatic heterocycles. The van der Waals surface area contributed by atoms with Crippen molar-refractivity contribution >= 4 is 11.6 Å². The van der Waals surface area contributed by atoms with Gasteiger partial charge in [-0.05, 0) is 12.0 Å². The number of hydrogen-bond acceptors (Lipinski definition) is 3. The monoisotopic (exact) mass is 248 g/mol. The molecule has 0 unspecified atom stereocenters. The molecule has 0 aliphatic rings. The molecule has 2 aromatic rings. The van der Waals surface area contributed by atoms with Gasteiger partial charge in [0.2, 0.25) is 5.88 Å². The number of ether oxygens (including phenoxy) is 1. The minimum Gasteiger partial charge on any atom is -0.472 e. The summed E-state index contributed by atoms with van der Waals surface area (Å²) in [4.78, 5) is 8.33. The lowest BCUT2D eigenvalue weighted by Gasteiger charge is -2.06. The van der Waals surface area contributed by atoms with Crippen LogP contribution < -0.4 is 4.74 Å². The van der Waals surface area contributed by atoms with Crippen LogP contribution in [0.3, 0.4) is 0 Å². The fraction of sp³-hybridized carbons (Fsp3) is 0.231. The van der Waals surface area contributed by atoms with Gasteiger partial charge in [0.15, 0.2) is 5.15 Å². The molecule has 88 valence electrons. The van der Waals surface area contributed by atoms with Crippen molar-refractivity contribution in [1.29, 1.82) is 0 Å². The highest BCUT2D eigenvalue weighted by Gasteiger charge is 2.04. The summed E-state index contributed by atoms with van der Waals surface area (Å²) in [6, 6.07) is 9.93. The summed E-state index contributed by atoms with van der Waals surface area (Å²) in [5, 5.41) is 0.444. The first-order valence-corrected chi connectivity index (χ1v) is 5.85. The van der Waals surface area contributed by atoms with Gasteiger partial charge >= 0.3 is 0 Å². The predicted molar refractivity (Wildman–Crippen MR) is 67.2 cm³/mol. The van der Waals surface area contributed by atoms with E-state index >= 15 is 0 Å². The molecule has 3 nitrogen and oxygen atoms in total. The molecule has 0 bridgehead atoms. The maximum Gasteiger partial charge on any atom is 0.232 e. The van der Waals surface area contributed by atoms with Gasteiger partial charge in [-0.25, -0.2) is 9.97 Å². The first-order valence-electron chi connectivity index (χ1n) is 5.47. The smallest absolute Gasteiger partial charge is 0.232 e. The van der Waals surface area contributed by atoms with E-state index in [2.05, 4.69) is 9.97 Å². The quantitative estimate of drug-likeness (QED) is 0.833. The Hall–Kier alpha value is -1.61. The van der Waals surface area contributed by atoms with Gasteiger partial charge in [-0.2, -0.15) is 0 Å². The fourth-order valence-corrected chi connectivity index (χ4v) is 1.65. The number of hydrogen-bond donors (Lipinski definition) is 0. The Morgan fingerprint density at radius 2 is 2.00 bits per heavy atom. The SMILES string of the molecule is CCc1nc(OCc2ccccc2)cnc1Cl. The molecular weight excluding hydrogens is 236 g/mol. The zero-order valence-corrected chi connectivity index (χ0v) is 10.3. The van der Waals surface area contributed by atoms with Crippen LogP contribution in [0.4, 0.5) is 0 Å². The second kappa shape index (κ2) is 5.64. The lowest BCUT2D eigenvalue weighted by Crippen LogP contribution is -2.00. The van der Waals surface area contributed by atoms with E-state index in [1.807, 2.05) is 37.3 Å². The highest BCUT2D eigenvalue weighted by Crippen LogP contribution is 2.15. The molecule has 1 aromatic carbocycles. The summed E-state index contributed by atoms with van der Waals surface area (Å²) in [7, 11) is 0. The third-order valence-corrected chi connectivity index (χ3v) is 2.65. The molecular formula is C13H13ClN2O. The first-order chi connectivity index (χ1) is 8.29. The van der Waals surface area contributed by atoms with Crippen molar-refractivity contribution in [3.05, 3.63) is 52.9 Å². The van der Waals surface area contributed by atoms with Gasteiger partial charge in [0, 0.05) is 0 Å². The van der Waals surface area contributed by atoms with Crippen LogP contribution in [0.1, 0.15) is 18.2 Å². The van der Waals surface area contributed by atoms with Crippen molar-refractivity contribution in [2.75, 3.05) is 0 Å². The molecule has 0 amide bonds. The van der Waals surface area contributed by atoms with Crippen LogP contribution in [0, 0.1) is 0 Å². The Morgan fingerprint density at radius 3 is 2.71 bits per heavy atom. The van der Waals surface area contributed by atoms with Crippen molar-refractivity contribution in [3.63, 3.8) is 0 Å². The maximum absolute atomic E-state index is 5.88. The summed E-state index contributed by atoms with van der Waals surface area (Å²) < 4.78 is 5.56. The summed E-state index contributed by atoms with van der Waals surface area (Å²) in [5.41, 5.74) is 1.86. The average molecular weight is 249 g/mol. The highest BCUT2D eigenvalue weighted by molar-refractivity contribution is 6.30. The minimum absolute atomic E-state index is 0.444. The molecule has 0 atom stereocenters. The van der Waals surface area contributed by atoms with Crippen LogP contribution in [-0.4, -0.2) is 9.97 Å². The Labute approximate surface area is 105 Å². The topological polar surface area (TPSA) is 35.0 Å². The Balaban J connectivity index is 2.04. The molecule has 0 N–H and O–H groups in total. The molecule has 0 saturated carbocycles. The molecule has 0 saturated heterocycles. The van der Waals surface area contributed by atoms with E-state index in [1.54, 1.807) is 6.20 Å². The Bertz CT molecular complexity index is 488. The van der Waals surface area contributed by atoms with Crippen molar-refractivity contribution in [1.82, 2.24) is 9.97 Å². The Kier molecular flexibility index (Phi) is 3.94. The molecule has 0 spiro atoms. The van der Waals surface area contributed by atoms with Crippen LogP contribution >= 0.6 is 11.6 Å². The largest absolute Gasteiger partial charge is 0.472 e. The second-order valence-corrected chi connectivity index (χ2v) is 3.93. The Morgan fingerprint density at radius 1 is 1.24 bits per heavy atom. The lowest BCUT2D eigenvalue weighted by molar-refractivity contribution is 0.291. The number of rotatable bonds is 4. The van der Waals surface area contributed by atoms with Gasteiger partial charge in [0.25, 0.3) is 0 Å². The van der Waals surface area contributed by atoms with Crippen molar-refractivity contribution in [3.8, 4) is 5.88 Å². The third kappa shape index (κ3) is 3.17. The van der Waals surface area contributed by atoms with E-state index in [0.717, 1.165) is 17.7 Å². The van der Waals surface area contributed by atoms with Crippen LogP contribution in [-0.2, 0) is 13.0 Å². The number of benzene rings is 1. The van der Waals surface area contributed by atoms with Gasteiger partial charge in [-0.1, -0.05) is 48.9 Å². The van der Waals surface area contributed by atoms with Crippen LogP contribution in [0.25, 0.3) is 0 Å². The standard InChI is InChI=1S/C13H13ClN2O/c1-2-11-13(14)15-8-12(16-11)17-9-10-6-4-3-5-7-10/h3-8H,2,9H2,1H3. The molecule has 2 rings (SSSR count). The summed E-state index contributed by atoms with van der Waals surface area (Å²) in [5.74, 6) is 0.509. The van der Waals surface area contributed by atoms with Gasteiger partial charge in [-0.15, -0.1) is 0 Å². The molecule has 1 heterocycles. The summed E-state index contributed by atoms with van der Waals surface area (Å²) in [6.07, 6.45) is 2.29. The maximum atomic E-state index is 5.88. The number of aryl methyl sites for hydroxylation is 1. The van der Waals surface area contributed by atoms with Crippen LogP contribution in [0.2, 0.25) is 5.15 Å². The molecule has 0 radical (unpaired) electrons. The molecule has 0 fully saturated rings. The number of halogens is 1. The van der Waals surface area contributed by atoms with E-state index in [1.165, 1.54) is 0 Å². The van der Waals surface area contributed by atoms with Gasteiger partial charge < -0.3 is 4.74 Å². The summed E-state index contributed by atoms with van der Waals surface area (Å²) in [6.45, 7) is 2.47. The van der Waals surface area contributed by atoms with E-state index in [4.69, 9.17) is 16.3 Å². The summed E-state index contributed by atoms with van der Waals surface area (Å²) >= 11 is 5.88. The molecule has 17 heavy (non-hydrogen) atoms. The number of aromatic nitrogens is 2. The average Bonchev–Trinajstić information content (AvgIpc) is 2.39. The lowest BCUT2D eigenvalue weighted by atomic mass is 10.2. The second-order valence-electron chi connectivity index (χ2n) is 3.57. The van der Waals surface area contributed by atoms with Gasteiger partial charge in [0.1, 0.15) is 6.61 Å². The number of nitrogens with zero attached hydrogens (tertiary/aromatic N) is 2.